The smallest absolute Gasteiger partial charge is 0.144 e. The molecule has 0 spiro atoms. The van der Waals surface area contributed by atoms with Crippen LogP contribution in [-0.2, 0) is 0 Å². The number of pyridine rings is 1. The van der Waals surface area contributed by atoms with Crippen molar-refractivity contribution in [1.82, 2.24) is 9.38 Å². The van der Waals surface area contributed by atoms with Gasteiger partial charge in [-0.25, -0.2) is 4.98 Å². The van der Waals surface area contributed by atoms with E-state index < -0.39 is 0 Å². The first kappa shape index (κ1) is 10.7. The summed E-state index contributed by atoms with van der Waals surface area (Å²) < 4.78 is 6.98. The number of nitrogens with zero attached hydrogens (tertiary/aromatic N) is 2. The highest BCUT2D eigenvalue weighted by Crippen LogP contribution is 2.25. The Labute approximate surface area is 104 Å². The minimum Gasteiger partial charge on any atom is -0.506 e. The van der Waals surface area contributed by atoms with Crippen LogP contribution in [0, 0.1) is 0 Å². The number of rotatable bonds is 2. The van der Waals surface area contributed by atoms with Gasteiger partial charge < -0.3 is 9.84 Å². The highest BCUT2D eigenvalue weighted by molar-refractivity contribution is 5.67. The first-order valence-corrected chi connectivity index (χ1v) is 5.59. The van der Waals surface area contributed by atoms with Crippen LogP contribution in [0.3, 0.4) is 0 Å². The van der Waals surface area contributed by atoms with Crippen molar-refractivity contribution in [2.24, 2.45) is 0 Å². The molecule has 4 heteroatoms. The largest absolute Gasteiger partial charge is 0.506 e. The van der Waals surface area contributed by atoms with Crippen LogP contribution in [0.25, 0.3) is 16.9 Å². The van der Waals surface area contributed by atoms with Crippen LogP contribution >= 0.6 is 0 Å². The summed E-state index contributed by atoms with van der Waals surface area (Å²) in [6, 6.07) is 11.1. The van der Waals surface area contributed by atoms with Crippen LogP contribution in [0.1, 0.15) is 0 Å². The molecule has 0 fully saturated rings. The standard InChI is InChI=1S/C14H12N2O2/c1-18-11-6-4-10(5-7-11)14-15-9-12-13(17)3-2-8-16(12)14/h2-9,17H,1H3. The molecule has 2 aromatic heterocycles. The van der Waals surface area contributed by atoms with Crippen molar-refractivity contribution in [2.45, 2.75) is 0 Å². The van der Waals surface area contributed by atoms with Gasteiger partial charge >= 0.3 is 0 Å². The number of benzene rings is 1. The number of methoxy groups -OCH3 is 1. The van der Waals surface area contributed by atoms with Crippen molar-refractivity contribution >= 4 is 5.52 Å². The molecule has 18 heavy (non-hydrogen) atoms. The van der Waals surface area contributed by atoms with E-state index in [1.54, 1.807) is 25.4 Å². The second-order valence-electron chi connectivity index (χ2n) is 3.96. The molecule has 0 amide bonds. The van der Waals surface area contributed by atoms with E-state index in [1.807, 2.05) is 34.9 Å². The van der Waals surface area contributed by atoms with Gasteiger partial charge in [0.15, 0.2) is 0 Å². The molecule has 0 bridgehead atoms. The Morgan fingerprint density at radius 3 is 2.67 bits per heavy atom. The summed E-state index contributed by atoms with van der Waals surface area (Å²) in [4.78, 5) is 4.34. The molecular formula is C14H12N2O2. The number of aromatic nitrogens is 2. The lowest BCUT2D eigenvalue weighted by Crippen LogP contribution is -1.89. The average Bonchev–Trinajstić information content (AvgIpc) is 2.84. The third-order valence-corrected chi connectivity index (χ3v) is 2.90. The lowest BCUT2D eigenvalue weighted by molar-refractivity contribution is 0.415. The maximum Gasteiger partial charge on any atom is 0.144 e. The molecule has 0 unspecified atom stereocenters. The van der Waals surface area contributed by atoms with Gasteiger partial charge in [0, 0.05) is 11.8 Å². The molecule has 0 aliphatic carbocycles. The number of hydrogen-bond acceptors (Lipinski definition) is 3. The highest BCUT2D eigenvalue weighted by atomic mass is 16.5. The molecule has 1 aromatic carbocycles. The zero-order valence-electron chi connectivity index (χ0n) is 9.87. The Balaban J connectivity index is 2.16. The van der Waals surface area contributed by atoms with E-state index in [4.69, 9.17) is 4.74 Å². The van der Waals surface area contributed by atoms with Crippen molar-refractivity contribution in [3.05, 3.63) is 48.8 Å². The summed E-state index contributed by atoms with van der Waals surface area (Å²) in [6.07, 6.45) is 3.54. The quantitative estimate of drug-likeness (QED) is 0.749. The van der Waals surface area contributed by atoms with E-state index in [2.05, 4.69) is 4.98 Å². The number of hydrogen-bond donors (Lipinski definition) is 1. The Kier molecular flexibility index (Phi) is 2.41. The number of fused-ring (bicyclic) bond motifs is 1. The van der Waals surface area contributed by atoms with E-state index in [0.29, 0.717) is 5.52 Å². The van der Waals surface area contributed by atoms with E-state index in [9.17, 15) is 5.11 Å². The predicted molar refractivity (Wildman–Crippen MR) is 68.8 cm³/mol. The molecule has 0 radical (unpaired) electrons. The van der Waals surface area contributed by atoms with Gasteiger partial charge in [0.25, 0.3) is 0 Å². The summed E-state index contributed by atoms with van der Waals surface area (Å²) in [5.41, 5.74) is 1.67. The summed E-state index contributed by atoms with van der Waals surface area (Å²) in [5, 5.41) is 9.73. The summed E-state index contributed by atoms with van der Waals surface area (Å²) in [6.45, 7) is 0. The fourth-order valence-electron chi connectivity index (χ4n) is 1.96. The van der Waals surface area contributed by atoms with Crippen LogP contribution in [0.4, 0.5) is 0 Å². The van der Waals surface area contributed by atoms with E-state index in [1.165, 1.54) is 0 Å². The molecule has 0 saturated carbocycles. The van der Waals surface area contributed by atoms with Crippen LogP contribution in [0.15, 0.2) is 48.8 Å². The Bertz CT molecular complexity index is 687. The van der Waals surface area contributed by atoms with Crippen molar-refractivity contribution < 1.29 is 9.84 Å². The fraction of sp³-hybridized carbons (Fsp3) is 0.0714. The molecular weight excluding hydrogens is 228 g/mol. The third-order valence-electron chi connectivity index (χ3n) is 2.90. The molecule has 0 atom stereocenters. The summed E-state index contributed by atoms with van der Waals surface area (Å²) >= 11 is 0. The first-order valence-electron chi connectivity index (χ1n) is 5.59. The van der Waals surface area contributed by atoms with Gasteiger partial charge in [0.2, 0.25) is 0 Å². The van der Waals surface area contributed by atoms with Gasteiger partial charge in [-0.15, -0.1) is 0 Å². The fourth-order valence-corrected chi connectivity index (χ4v) is 1.96. The van der Waals surface area contributed by atoms with Crippen molar-refractivity contribution in [1.29, 1.82) is 0 Å². The van der Waals surface area contributed by atoms with E-state index in [-0.39, 0.29) is 5.75 Å². The van der Waals surface area contributed by atoms with Crippen LogP contribution in [-0.4, -0.2) is 21.6 Å². The average molecular weight is 240 g/mol. The predicted octanol–water partition coefficient (Wildman–Crippen LogP) is 2.72. The second kappa shape index (κ2) is 4.07. The SMILES string of the molecule is COc1ccc(-c2ncc3c(O)cccn23)cc1. The normalized spacial score (nSPS) is 10.7. The Morgan fingerprint density at radius 1 is 1.17 bits per heavy atom. The van der Waals surface area contributed by atoms with Crippen LogP contribution < -0.4 is 4.74 Å². The van der Waals surface area contributed by atoms with Gasteiger partial charge in [-0.05, 0) is 36.4 Å². The van der Waals surface area contributed by atoms with Gasteiger partial charge in [-0.3, -0.25) is 4.40 Å². The first-order chi connectivity index (χ1) is 8.79. The molecule has 90 valence electrons. The zero-order valence-corrected chi connectivity index (χ0v) is 9.87. The maximum atomic E-state index is 9.73. The van der Waals surface area contributed by atoms with Gasteiger partial charge in [-0.2, -0.15) is 0 Å². The minimum absolute atomic E-state index is 0.227. The molecule has 1 N–H and O–H groups in total. The number of ether oxygens (including phenoxy) is 1. The van der Waals surface area contributed by atoms with Crippen molar-refractivity contribution in [2.75, 3.05) is 7.11 Å². The van der Waals surface area contributed by atoms with Crippen molar-refractivity contribution in [3.63, 3.8) is 0 Å². The summed E-state index contributed by atoms with van der Waals surface area (Å²) in [7, 11) is 1.64. The molecule has 3 rings (SSSR count). The zero-order chi connectivity index (χ0) is 12.5. The van der Waals surface area contributed by atoms with Crippen LogP contribution in [0.5, 0.6) is 11.5 Å². The lowest BCUT2D eigenvalue weighted by Gasteiger charge is -2.03. The maximum absolute atomic E-state index is 9.73. The number of aromatic hydroxyl groups is 1. The van der Waals surface area contributed by atoms with E-state index in [0.717, 1.165) is 17.1 Å². The monoisotopic (exact) mass is 240 g/mol. The third kappa shape index (κ3) is 1.59. The minimum atomic E-state index is 0.227. The van der Waals surface area contributed by atoms with E-state index >= 15 is 0 Å². The second-order valence-corrected chi connectivity index (χ2v) is 3.96. The Hall–Kier alpha value is -2.49. The molecule has 0 saturated heterocycles. The number of imidazole rings is 1. The van der Waals surface area contributed by atoms with Gasteiger partial charge in [0.1, 0.15) is 22.8 Å². The molecule has 4 nitrogen and oxygen atoms in total. The highest BCUT2D eigenvalue weighted by Gasteiger charge is 2.08. The molecule has 3 aromatic rings. The topological polar surface area (TPSA) is 46.8 Å². The van der Waals surface area contributed by atoms with Gasteiger partial charge in [-0.1, -0.05) is 0 Å². The lowest BCUT2D eigenvalue weighted by atomic mass is 10.2. The molecule has 2 heterocycles. The van der Waals surface area contributed by atoms with Crippen LogP contribution in [0.2, 0.25) is 0 Å². The summed E-state index contributed by atoms with van der Waals surface area (Å²) in [5.74, 6) is 1.83. The Morgan fingerprint density at radius 2 is 1.94 bits per heavy atom. The van der Waals surface area contributed by atoms with Gasteiger partial charge in [0.05, 0.1) is 13.3 Å². The molecule has 0 aliphatic rings. The van der Waals surface area contributed by atoms with Crippen molar-refractivity contribution in [3.8, 4) is 22.9 Å². The molecule has 0 aliphatic heterocycles.